The maximum Gasteiger partial charge on any atom is 0.473 e. The summed E-state index contributed by atoms with van der Waals surface area (Å²) in [7, 11) is -4.03. The summed E-state index contributed by atoms with van der Waals surface area (Å²) in [6.07, 6.45) is 5.53. The lowest BCUT2D eigenvalue weighted by Gasteiger charge is -2.15. The van der Waals surface area contributed by atoms with E-state index in [9.17, 15) is 9.46 Å². The highest BCUT2D eigenvalue weighted by molar-refractivity contribution is 7.47. The molecule has 3 N–H and O–H groups in total. The molecule has 9 nitrogen and oxygen atoms in total. The minimum atomic E-state index is -4.03. The van der Waals surface area contributed by atoms with Gasteiger partial charge in [-0.25, -0.2) is 19.5 Å². The van der Waals surface area contributed by atoms with Crippen LogP contribution in [0, 0.1) is 0 Å². The SMILES string of the molecule is Nc1ncnc2c1ncn2CC1C=CCOP(=O)(O)O1. The van der Waals surface area contributed by atoms with Crippen molar-refractivity contribution in [2.24, 2.45) is 0 Å². The fourth-order valence-electron chi connectivity index (χ4n) is 1.90. The van der Waals surface area contributed by atoms with Gasteiger partial charge < -0.3 is 15.2 Å². The molecule has 0 bridgehead atoms. The molecule has 106 valence electrons. The quantitative estimate of drug-likeness (QED) is 0.605. The van der Waals surface area contributed by atoms with Gasteiger partial charge in [0.25, 0.3) is 0 Å². The van der Waals surface area contributed by atoms with Crippen molar-refractivity contribution in [3.8, 4) is 0 Å². The number of fused-ring (bicyclic) bond motifs is 1. The second-order valence-electron chi connectivity index (χ2n) is 4.16. The number of aromatic nitrogens is 4. The molecule has 2 atom stereocenters. The molecule has 0 amide bonds. The van der Waals surface area contributed by atoms with Crippen molar-refractivity contribution in [2.75, 3.05) is 12.3 Å². The number of nitrogen functional groups attached to an aromatic ring is 1. The summed E-state index contributed by atoms with van der Waals surface area (Å²) in [6.45, 7) is 0.293. The topological polar surface area (TPSA) is 125 Å². The van der Waals surface area contributed by atoms with Crippen LogP contribution in [0.25, 0.3) is 11.2 Å². The maximum atomic E-state index is 11.5. The normalized spacial score (nSPS) is 26.8. The number of phosphoric ester groups is 1. The standard InChI is InChI=1S/C10H12N5O4P/c11-9-8-10(13-5-12-9)15(6-14-8)4-7-2-1-3-18-20(16,17)19-7/h1-2,5-7H,3-4H2,(H,16,17)(H2,11,12,13). The van der Waals surface area contributed by atoms with E-state index in [1.165, 1.54) is 12.7 Å². The van der Waals surface area contributed by atoms with E-state index in [0.717, 1.165) is 0 Å². The average molecular weight is 297 g/mol. The molecule has 2 aromatic heterocycles. The number of phosphoric acid groups is 1. The van der Waals surface area contributed by atoms with E-state index < -0.39 is 13.9 Å². The Kier molecular flexibility index (Phi) is 3.27. The first-order valence-corrected chi connectivity index (χ1v) is 7.28. The molecule has 1 aliphatic rings. The first-order valence-electron chi connectivity index (χ1n) is 5.79. The predicted octanol–water partition coefficient (Wildman–Crippen LogP) is 0.480. The molecule has 2 unspecified atom stereocenters. The summed E-state index contributed by atoms with van der Waals surface area (Å²) < 4.78 is 22.9. The highest BCUT2D eigenvalue weighted by Gasteiger charge is 2.27. The van der Waals surface area contributed by atoms with Gasteiger partial charge in [0.1, 0.15) is 17.9 Å². The highest BCUT2D eigenvalue weighted by atomic mass is 31.2. The molecule has 0 spiro atoms. The van der Waals surface area contributed by atoms with Crippen LogP contribution in [0.15, 0.2) is 24.8 Å². The molecule has 0 radical (unpaired) electrons. The zero-order valence-electron chi connectivity index (χ0n) is 10.3. The van der Waals surface area contributed by atoms with Crippen LogP contribution in [0.1, 0.15) is 0 Å². The molecule has 20 heavy (non-hydrogen) atoms. The summed E-state index contributed by atoms with van der Waals surface area (Å²) in [5.41, 5.74) is 6.71. The molecule has 0 saturated carbocycles. The Bertz CT molecular complexity index is 715. The van der Waals surface area contributed by atoms with Crippen LogP contribution < -0.4 is 5.73 Å². The van der Waals surface area contributed by atoms with Crippen LogP contribution >= 0.6 is 7.82 Å². The van der Waals surface area contributed by atoms with Crippen LogP contribution in [0.2, 0.25) is 0 Å². The van der Waals surface area contributed by atoms with Crippen LogP contribution in [-0.4, -0.2) is 37.1 Å². The largest absolute Gasteiger partial charge is 0.473 e. The van der Waals surface area contributed by atoms with Gasteiger partial charge in [0, 0.05) is 0 Å². The number of anilines is 1. The molecule has 0 aromatic carbocycles. The van der Waals surface area contributed by atoms with Gasteiger partial charge in [-0.05, 0) is 0 Å². The van der Waals surface area contributed by atoms with Gasteiger partial charge in [0.15, 0.2) is 11.5 Å². The molecule has 0 saturated heterocycles. The van der Waals surface area contributed by atoms with Crippen LogP contribution in [0.4, 0.5) is 5.82 Å². The summed E-state index contributed by atoms with van der Waals surface area (Å²) in [5, 5.41) is 0. The molecule has 0 aliphatic carbocycles. The third kappa shape index (κ3) is 2.56. The Hall–Kier alpha value is -1.80. The molecular weight excluding hydrogens is 285 g/mol. The van der Waals surface area contributed by atoms with Crippen molar-refractivity contribution in [3.05, 3.63) is 24.8 Å². The number of hydrogen-bond donors (Lipinski definition) is 2. The first-order chi connectivity index (χ1) is 9.55. The maximum absolute atomic E-state index is 11.5. The molecule has 1 aliphatic heterocycles. The van der Waals surface area contributed by atoms with E-state index >= 15 is 0 Å². The van der Waals surface area contributed by atoms with Crippen molar-refractivity contribution in [3.63, 3.8) is 0 Å². The fourth-order valence-corrected chi connectivity index (χ4v) is 2.72. The third-order valence-electron chi connectivity index (χ3n) is 2.76. The monoisotopic (exact) mass is 297 g/mol. The fraction of sp³-hybridized carbons (Fsp3) is 0.300. The summed E-state index contributed by atoms with van der Waals surface area (Å²) in [4.78, 5) is 21.5. The van der Waals surface area contributed by atoms with Gasteiger partial charge in [-0.15, -0.1) is 0 Å². The van der Waals surface area contributed by atoms with E-state index in [1.54, 1.807) is 16.7 Å². The van der Waals surface area contributed by atoms with E-state index in [4.69, 9.17) is 10.3 Å². The van der Waals surface area contributed by atoms with Crippen molar-refractivity contribution in [2.45, 2.75) is 12.6 Å². The van der Waals surface area contributed by atoms with E-state index in [1.807, 2.05) is 0 Å². The lowest BCUT2D eigenvalue weighted by atomic mass is 10.3. The molecule has 10 heteroatoms. The lowest BCUT2D eigenvalue weighted by molar-refractivity contribution is 0.133. The Balaban J connectivity index is 1.89. The third-order valence-corrected chi connectivity index (χ3v) is 3.77. The molecule has 3 heterocycles. The second kappa shape index (κ2) is 4.95. The average Bonchev–Trinajstić information content (AvgIpc) is 2.70. The zero-order valence-corrected chi connectivity index (χ0v) is 11.2. The summed E-state index contributed by atoms with van der Waals surface area (Å²) >= 11 is 0. The summed E-state index contributed by atoms with van der Waals surface area (Å²) in [5.74, 6) is 0.280. The van der Waals surface area contributed by atoms with E-state index in [0.29, 0.717) is 11.2 Å². The smallest absolute Gasteiger partial charge is 0.382 e. The van der Waals surface area contributed by atoms with E-state index in [-0.39, 0.29) is 19.0 Å². The number of nitrogens with zero attached hydrogens (tertiary/aromatic N) is 4. The molecule has 2 aromatic rings. The number of imidazole rings is 1. The Labute approximate surface area is 113 Å². The summed E-state index contributed by atoms with van der Waals surface area (Å²) in [6, 6.07) is 0. The highest BCUT2D eigenvalue weighted by Crippen LogP contribution is 2.46. The van der Waals surface area contributed by atoms with Crippen molar-refractivity contribution in [1.82, 2.24) is 19.5 Å². The van der Waals surface area contributed by atoms with Crippen molar-refractivity contribution >= 4 is 24.8 Å². The minimum absolute atomic E-state index is 0.0318. The Morgan fingerprint density at radius 3 is 3.20 bits per heavy atom. The van der Waals surface area contributed by atoms with Gasteiger partial charge in [-0.3, -0.25) is 9.05 Å². The molecule has 0 fully saturated rings. The van der Waals surface area contributed by atoms with Gasteiger partial charge in [-0.1, -0.05) is 12.2 Å². The van der Waals surface area contributed by atoms with Crippen molar-refractivity contribution < 1.29 is 18.5 Å². The lowest BCUT2D eigenvalue weighted by Crippen LogP contribution is -2.16. The number of hydrogen-bond acceptors (Lipinski definition) is 7. The first kappa shape index (κ1) is 13.2. The van der Waals surface area contributed by atoms with Crippen molar-refractivity contribution in [1.29, 1.82) is 0 Å². The number of rotatable bonds is 2. The van der Waals surface area contributed by atoms with Crippen LogP contribution in [0.5, 0.6) is 0 Å². The molecule has 3 rings (SSSR count). The zero-order chi connectivity index (χ0) is 14.2. The van der Waals surface area contributed by atoms with Gasteiger partial charge in [0.2, 0.25) is 0 Å². The van der Waals surface area contributed by atoms with Crippen LogP contribution in [-0.2, 0) is 20.2 Å². The van der Waals surface area contributed by atoms with Crippen LogP contribution in [0.3, 0.4) is 0 Å². The Morgan fingerprint density at radius 1 is 1.50 bits per heavy atom. The predicted molar refractivity (Wildman–Crippen MR) is 69.5 cm³/mol. The second-order valence-corrected chi connectivity index (χ2v) is 5.57. The van der Waals surface area contributed by atoms with E-state index in [2.05, 4.69) is 19.5 Å². The van der Waals surface area contributed by atoms with Gasteiger partial charge in [-0.2, -0.15) is 0 Å². The minimum Gasteiger partial charge on any atom is -0.382 e. The van der Waals surface area contributed by atoms with Gasteiger partial charge in [0.05, 0.1) is 19.5 Å². The Morgan fingerprint density at radius 2 is 2.35 bits per heavy atom. The van der Waals surface area contributed by atoms with Gasteiger partial charge >= 0.3 is 7.82 Å². The molecular formula is C10H12N5O4P. The number of nitrogens with two attached hydrogens (primary N) is 1.